The number of rotatable bonds is 5. The molecule has 1 fully saturated rings. The highest BCUT2D eigenvalue weighted by molar-refractivity contribution is 5.25. The van der Waals surface area contributed by atoms with Crippen LogP contribution in [-0.4, -0.2) is 7.05 Å². The number of nitrogens with one attached hydrogen (secondary N) is 1. The van der Waals surface area contributed by atoms with Crippen LogP contribution in [0.5, 0.6) is 0 Å². The van der Waals surface area contributed by atoms with Crippen LogP contribution in [0.1, 0.15) is 56.2 Å². The Morgan fingerprint density at radius 2 is 1.82 bits per heavy atom. The average Bonchev–Trinajstić information content (AvgIpc) is 2.86. The Morgan fingerprint density at radius 1 is 1.18 bits per heavy atom. The van der Waals surface area contributed by atoms with Crippen LogP contribution in [0.2, 0.25) is 0 Å². The lowest BCUT2D eigenvalue weighted by Gasteiger charge is -2.23. The monoisotopic (exact) mass is 231 g/mol. The van der Waals surface area contributed by atoms with Crippen LogP contribution < -0.4 is 5.32 Å². The van der Waals surface area contributed by atoms with Crippen molar-refractivity contribution in [1.29, 1.82) is 0 Å². The van der Waals surface area contributed by atoms with Gasteiger partial charge in [-0.25, -0.2) is 0 Å². The molecule has 0 radical (unpaired) electrons. The van der Waals surface area contributed by atoms with Crippen molar-refractivity contribution in [3.8, 4) is 0 Å². The molecule has 1 N–H and O–H groups in total. The number of hydrogen-bond acceptors (Lipinski definition) is 1. The standard InChI is InChI=1S/C16H25N/c1-3-6-13-9-11-15(12-10-13)16(17-2)14-7-4-5-8-14/h9-12,14,16-17H,3-8H2,1-2H3. The molecule has 17 heavy (non-hydrogen) atoms. The van der Waals surface area contributed by atoms with E-state index >= 15 is 0 Å². The van der Waals surface area contributed by atoms with E-state index in [4.69, 9.17) is 0 Å². The van der Waals surface area contributed by atoms with Gasteiger partial charge in [-0.05, 0) is 43.4 Å². The fourth-order valence-corrected chi connectivity index (χ4v) is 3.15. The molecule has 2 rings (SSSR count). The van der Waals surface area contributed by atoms with Gasteiger partial charge in [-0.15, -0.1) is 0 Å². The van der Waals surface area contributed by atoms with Gasteiger partial charge in [0.2, 0.25) is 0 Å². The van der Waals surface area contributed by atoms with Crippen molar-refractivity contribution in [2.24, 2.45) is 5.92 Å². The smallest absolute Gasteiger partial charge is 0.0346 e. The molecule has 1 aromatic rings. The Balaban J connectivity index is 2.07. The van der Waals surface area contributed by atoms with Gasteiger partial charge in [-0.1, -0.05) is 50.5 Å². The summed E-state index contributed by atoms with van der Waals surface area (Å²) in [6, 6.07) is 9.82. The van der Waals surface area contributed by atoms with Gasteiger partial charge >= 0.3 is 0 Å². The third-order valence-corrected chi connectivity index (χ3v) is 4.06. The maximum absolute atomic E-state index is 3.51. The van der Waals surface area contributed by atoms with Gasteiger partial charge in [0.05, 0.1) is 0 Å². The van der Waals surface area contributed by atoms with E-state index < -0.39 is 0 Å². The zero-order valence-electron chi connectivity index (χ0n) is 11.2. The highest BCUT2D eigenvalue weighted by Gasteiger charge is 2.24. The fraction of sp³-hybridized carbons (Fsp3) is 0.625. The average molecular weight is 231 g/mol. The van der Waals surface area contributed by atoms with Crippen LogP contribution in [-0.2, 0) is 6.42 Å². The molecule has 0 heterocycles. The van der Waals surface area contributed by atoms with Crippen LogP contribution in [0, 0.1) is 5.92 Å². The summed E-state index contributed by atoms with van der Waals surface area (Å²) in [6.07, 6.45) is 8.04. The lowest BCUT2D eigenvalue weighted by Crippen LogP contribution is -2.23. The minimum absolute atomic E-state index is 0.563. The molecule has 1 aliphatic carbocycles. The molecule has 1 saturated carbocycles. The highest BCUT2D eigenvalue weighted by atomic mass is 14.9. The third kappa shape index (κ3) is 3.10. The molecule has 1 heteroatoms. The predicted octanol–water partition coefficient (Wildman–Crippen LogP) is 4.09. The zero-order chi connectivity index (χ0) is 12.1. The molecular weight excluding hydrogens is 206 g/mol. The largest absolute Gasteiger partial charge is 0.313 e. The Bertz CT molecular complexity index is 322. The topological polar surface area (TPSA) is 12.0 Å². The van der Waals surface area contributed by atoms with E-state index in [0.29, 0.717) is 6.04 Å². The summed E-state index contributed by atoms with van der Waals surface area (Å²) in [7, 11) is 2.10. The van der Waals surface area contributed by atoms with Gasteiger partial charge < -0.3 is 5.32 Å². The second-order valence-corrected chi connectivity index (χ2v) is 5.30. The van der Waals surface area contributed by atoms with E-state index in [1.54, 1.807) is 0 Å². The number of aryl methyl sites for hydroxylation is 1. The molecule has 0 amide bonds. The Hall–Kier alpha value is -0.820. The van der Waals surface area contributed by atoms with Gasteiger partial charge in [0.1, 0.15) is 0 Å². The van der Waals surface area contributed by atoms with Gasteiger partial charge in [-0.3, -0.25) is 0 Å². The summed E-state index contributed by atoms with van der Waals surface area (Å²) in [5, 5.41) is 3.51. The molecule has 1 atom stereocenters. The molecule has 1 nitrogen and oxygen atoms in total. The number of hydrogen-bond donors (Lipinski definition) is 1. The predicted molar refractivity (Wildman–Crippen MR) is 74.2 cm³/mol. The fourth-order valence-electron chi connectivity index (χ4n) is 3.15. The van der Waals surface area contributed by atoms with Gasteiger partial charge in [0.25, 0.3) is 0 Å². The zero-order valence-corrected chi connectivity index (χ0v) is 11.2. The minimum atomic E-state index is 0.563. The van der Waals surface area contributed by atoms with E-state index in [1.807, 2.05) is 0 Å². The molecule has 0 aromatic heterocycles. The molecule has 94 valence electrons. The van der Waals surface area contributed by atoms with E-state index in [-0.39, 0.29) is 0 Å². The first-order valence-corrected chi connectivity index (χ1v) is 7.11. The third-order valence-electron chi connectivity index (χ3n) is 4.06. The lowest BCUT2D eigenvalue weighted by atomic mass is 9.91. The van der Waals surface area contributed by atoms with Gasteiger partial charge in [-0.2, -0.15) is 0 Å². The SMILES string of the molecule is CCCc1ccc(C(NC)C2CCCC2)cc1. The first-order valence-electron chi connectivity index (χ1n) is 7.11. The summed E-state index contributed by atoms with van der Waals surface area (Å²) >= 11 is 0. The van der Waals surface area contributed by atoms with Crippen molar-refractivity contribution < 1.29 is 0 Å². The molecule has 0 aliphatic heterocycles. The molecule has 0 saturated heterocycles. The summed E-state index contributed by atoms with van der Waals surface area (Å²) in [5.41, 5.74) is 2.94. The lowest BCUT2D eigenvalue weighted by molar-refractivity contribution is 0.390. The van der Waals surface area contributed by atoms with Crippen molar-refractivity contribution in [2.75, 3.05) is 7.05 Å². The summed E-state index contributed by atoms with van der Waals surface area (Å²) < 4.78 is 0. The van der Waals surface area contributed by atoms with Crippen molar-refractivity contribution in [1.82, 2.24) is 5.32 Å². The number of benzene rings is 1. The first kappa shape index (κ1) is 12.6. The van der Waals surface area contributed by atoms with Crippen molar-refractivity contribution in [3.05, 3.63) is 35.4 Å². The van der Waals surface area contributed by atoms with Crippen molar-refractivity contribution in [3.63, 3.8) is 0 Å². The Labute approximate surface area is 106 Å². The molecule has 1 aromatic carbocycles. The minimum Gasteiger partial charge on any atom is -0.313 e. The molecule has 1 aliphatic rings. The maximum Gasteiger partial charge on any atom is 0.0346 e. The van der Waals surface area contributed by atoms with E-state index in [0.717, 1.165) is 5.92 Å². The molecule has 0 bridgehead atoms. The highest BCUT2D eigenvalue weighted by Crippen LogP contribution is 2.35. The van der Waals surface area contributed by atoms with Gasteiger partial charge in [0, 0.05) is 6.04 Å². The molecule has 1 unspecified atom stereocenters. The van der Waals surface area contributed by atoms with Crippen LogP contribution in [0.25, 0.3) is 0 Å². The van der Waals surface area contributed by atoms with Crippen LogP contribution in [0.3, 0.4) is 0 Å². The van der Waals surface area contributed by atoms with Crippen LogP contribution in [0.15, 0.2) is 24.3 Å². The normalized spacial score (nSPS) is 18.5. The first-order chi connectivity index (χ1) is 8.35. The quantitative estimate of drug-likeness (QED) is 0.805. The van der Waals surface area contributed by atoms with E-state index in [1.165, 1.54) is 49.7 Å². The van der Waals surface area contributed by atoms with Crippen LogP contribution in [0.4, 0.5) is 0 Å². The van der Waals surface area contributed by atoms with E-state index in [2.05, 4.69) is 43.6 Å². The van der Waals surface area contributed by atoms with Crippen molar-refractivity contribution in [2.45, 2.75) is 51.5 Å². The van der Waals surface area contributed by atoms with Gasteiger partial charge in [0.15, 0.2) is 0 Å². The van der Waals surface area contributed by atoms with Crippen LogP contribution >= 0.6 is 0 Å². The Morgan fingerprint density at radius 3 is 2.35 bits per heavy atom. The van der Waals surface area contributed by atoms with E-state index in [9.17, 15) is 0 Å². The molecule has 0 spiro atoms. The molecular formula is C16H25N. The summed E-state index contributed by atoms with van der Waals surface area (Å²) in [4.78, 5) is 0. The Kier molecular flexibility index (Phi) is 4.61. The summed E-state index contributed by atoms with van der Waals surface area (Å²) in [5.74, 6) is 0.844. The second-order valence-electron chi connectivity index (χ2n) is 5.30. The van der Waals surface area contributed by atoms with Crippen molar-refractivity contribution >= 4 is 0 Å². The summed E-state index contributed by atoms with van der Waals surface area (Å²) in [6.45, 7) is 2.24. The maximum atomic E-state index is 3.51. The second kappa shape index (κ2) is 6.20.